The Morgan fingerprint density at radius 2 is 1.82 bits per heavy atom. The van der Waals surface area contributed by atoms with Gasteiger partial charge in [0, 0.05) is 31.6 Å². The number of anilines is 1. The van der Waals surface area contributed by atoms with Crippen molar-refractivity contribution in [1.29, 1.82) is 0 Å². The summed E-state index contributed by atoms with van der Waals surface area (Å²) in [7, 11) is -3.31. The first kappa shape index (κ1) is 29.8. The van der Waals surface area contributed by atoms with Crippen LogP contribution in [0.1, 0.15) is 42.2 Å². The van der Waals surface area contributed by atoms with E-state index in [4.69, 9.17) is 18.9 Å². The average Bonchev–Trinajstić information content (AvgIpc) is 2.90. The van der Waals surface area contributed by atoms with Crippen LogP contribution in [0, 0.1) is 0 Å². The minimum Gasteiger partial charge on any atom is -0.491 e. The van der Waals surface area contributed by atoms with Crippen molar-refractivity contribution < 1.29 is 32.5 Å². The maximum absolute atomic E-state index is 11.4. The van der Waals surface area contributed by atoms with Gasteiger partial charge in [0.15, 0.2) is 0 Å². The molecule has 3 N–H and O–H groups in total. The topological polar surface area (TPSA) is 115 Å². The number of fused-ring (bicyclic) bond motifs is 1. The summed E-state index contributed by atoms with van der Waals surface area (Å²) < 4.78 is 48.2. The molecule has 0 saturated carbocycles. The van der Waals surface area contributed by atoms with Gasteiger partial charge in [-0.2, -0.15) is 0 Å². The van der Waals surface area contributed by atoms with Crippen LogP contribution < -0.4 is 19.5 Å². The van der Waals surface area contributed by atoms with Crippen LogP contribution in [-0.4, -0.2) is 51.9 Å². The fourth-order valence-electron chi connectivity index (χ4n) is 4.25. The summed E-state index contributed by atoms with van der Waals surface area (Å²) in [4.78, 5) is 0. The van der Waals surface area contributed by atoms with Gasteiger partial charge in [-0.25, -0.2) is 8.42 Å². The molecule has 3 aromatic carbocycles. The number of hydrogen-bond acceptors (Lipinski definition) is 8. The van der Waals surface area contributed by atoms with Crippen molar-refractivity contribution in [3.8, 4) is 11.5 Å². The van der Waals surface area contributed by atoms with E-state index in [0.29, 0.717) is 38.7 Å². The van der Waals surface area contributed by atoms with Gasteiger partial charge in [0.1, 0.15) is 18.1 Å². The third-order valence-corrected chi connectivity index (χ3v) is 6.85. The number of nitrogens with one attached hydrogen (secondary N) is 2. The minimum atomic E-state index is -3.31. The maximum atomic E-state index is 11.4. The normalized spacial score (nSPS) is 15.1. The summed E-state index contributed by atoms with van der Waals surface area (Å²) in [5.74, 6) is 0.927. The Balaban J connectivity index is 1.11. The van der Waals surface area contributed by atoms with Crippen LogP contribution in [0.15, 0.2) is 66.7 Å². The summed E-state index contributed by atoms with van der Waals surface area (Å²) in [5.41, 5.74) is 4.32. The first-order valence-electron chi connectivity index (χ1n) is 13.3. The van der Waals surface area contributed by atoms with E-state index in [0.717, 1.165) is 47.4 Å². The molecule has 10 heteroatoms. The molecule has 1 atom stereocenters. The Kier molecular flexibility index (Phi) is 10.0. The highest BCUT2D eigenvalue weighted by atomic mass is 32.2. The van der Waals surface area contributed by atoms with Gasteiger partial charge in [-0.3, -0.25) is 4.72 Å². The number of benzene rings is 3. The van der Waals surface area contributed by atoms with E-state index in [1.165, 1.54) is 5.56 Å². The molecule has 4 rings (SSSR count). The number of aliphatic hydroxyl groups excluding tert-OH is 1. The predicted molar refractivity (Wildman–Crippen MR) is 154 cm³/mol. The smallest absolute Gasteiger partial charge is 0.229 e. The SMILES string of the molecule is CC1(C)OCc2cc([C@@H](O)CNCCc3ccc(OCCOCc4cccc(NS(C)(=O)=O)c4)cc3)ccc2O1. The van der Waals surface area contributed by atoms with Crippen LogP contribution in [0.25, 0.3) is 0 Å². The highest BCUT2D eigenvalue weighted by Crippen LogP contribution is 2.32. The van der Waals surface area contributed by atoms with E-state index in [9.17, 15) is 13.5 Å². The lowest BCUT2D eigenvalue weighted by molar-refractivity contribution is -0.180. The molecular formula is C30H38N2O7S. The van der Waals surface area contributed by atoms with Crippen molar-refractivity contribution in [2.45, 2.75) is 45.4 Å². The summed E-state index contributed by atoms with van der Waals surface area (Å²) in [6.45, 7) is 6.57. The van der Waals surface area contributed by atoms with Crippen LogP contribution in [0.3, 0.4) is 0 Å². The molecule has 1 aliphatic rings. The molecule has 0 unspecified atom stereocenters. The van der Waals surface area contributed by atoms with Crippen LogP contribution in [-0.2, 0) is 39.1 Å². The molecule has 0 bridgehead atoms. The molecule has 3 aromatic rings. The van der Waals surface area contributed by atoms with Crippen molar-refractivity contribution >= 4 is 15.7 Å². The summed E-state index contributed by atoms with van der Waals surface area (Å²) in [5, 5.41) is 13.9. The zero-order valence-electron chi connectivity index (χ0n) is 23.2. The van der Waals surface area contributed by atoms with E-state index in [1.54, 1.807) is 18.2 Å². The van der Waals surface area contributed by atoms with Crippen LogP contribution >= 0.6 is 0 Å². The molecule has 0 aromatic heterocycles. The van der Waals surface area contributed by atoms with Gasteiger partial charge >= 0.3 is 0 Å². The Hall–Kier alpha value is -3.15. The quantitative estimate of drug-likeness (QED) is 0.248. The first-order valence-corrected chi connectivity index (χ1v) is 15.2. The molecule has 0 aliphatic carbocycles. The second-order valence-electron chi connectivity index (χ2n) is 10.2. The summed E-state index contributed by atoms with van der Waals surface area (Å²) in [6.07, 6.45) is 1.32. The summed E-state index contributed by atoms with van der Waals surface area (Å²) in [6, 6.07) is 20.8. The van der Waals surface area contributed by atoms with Gasteiger partial charge in [0.05, 0.1) is 32.2 Å². The minimum absolute atomic E-state index is 0.358. The molecule has 40 heavy (non-hydrogen) atoms. The van der Waals surface area contributed by atoms with E-state index in [-0.39, 0.29) is 0 Å². The van der Waals surface area contributed by atoms with Gasteiger partial charge in [-0.15, -0.1) is 0 Å². The van der Waals surface area contributed by atoms with E-state index < -0.39 is 21.9 Å². The lowest BCUT2D eigenvalue weighted by Crippen LogP contribution is -2.35. The maximum Gasteiger partial charge on any atom is 0.229 e. The van der Waals surface area contributed by atoms with Crippen LogP contribution in [0.4, 0.5) is 5.69 Å². The molecule has 9 nitrogen and oxygen atoms in total. The number of sulfonamides is 1. The van der Waals surface area contributed by atoms with Crippen molar-refractivity contribution in [3.05, 3.63) is 89.0 Å². The van der Waals surface area contributed by atoms with Gasteiger partial charge in [-0.1, -0.05) is 30.3 Å². The molecular weight excluding hydrogens is 532 g/mol. The second kappa shape index (κ2) is 13.5. The molecule has 0 radical (unpaired) electrons. The fraction of sp³-hybridized carbons (Fsp3) is 0.400. The molecule has 0 amide bonds. The highest BCUT2D eigenvalue weighted by Gasteiger charge is 2.27. The number of rotatable bonds is 14. The standard InChI is InChI=1S/C30H38N2O7S/c1-30(2)38-21-25-18-24(9-12-29(25)39-30)28(33)19-31-14-13-22-7-10-27(11-8-22)37-16-15-36-20-23-5-4-6-26(17-23)32-40(3,34)35/h4-12,17-18,28,31-33H,13-16,19-21H2,1-3H3/t28-/m0/s1. The van der Waals surface area contributed by atoms with Crippen molar-refractivity contribution in [2.24, 2.45) is 0 Å². The van der Waals surface area contributed by atoms with Gasteiger partial charge in [-0.05, 0) is 66.1 Å². The largest absolute Gasteiger partial charge is 0.491 e. The van der Waals surface area contributed by atoms with Gasteiger partial charge in [0.2, 0.25) is 15.8 Å². The zero-order valence-corrected chi connectivity index (χ0v) is 24.0. The molecule has 0 fully saturated rings. The lowest BCUT2D eigenvalue weighted by Gasteiger charge is -2.33. The number of aliphatic hydroxyl groups is 1. The van der Waals surface area contributed by atoms with Crippen LogP contribution in [0.5, 0.6) is 11.5 Å². The van der Waals surface area contributed by atoms with E-state index in [2.05, 4.69) is 10.0 Å². The Morgan fingerprint density at radius 1 is 1.02 bits per heavy atom. The molecule has 1 aliphatic heterocycles. The summed E-state index contributed by atoms with van der Waals surface area (Å²) >= 11 is 0. The van der Waals surface area contributed by atoms with Crippen molar-refractivity contribution in [1.82, 2.24) is 5.32 Å². The third-order valence-electron chi connectivity index (χ3n) is 6.25. The predicted octanol–water partition coefficient (Wildman–Crippen LogP) is 4.16. The zero-order chi connectivity index (χ0) is 28.6. The Morgan fingerprint density at radius 3 is 2.60 bits per heavy atom. The Bertz CT molecular complexity index is 1360. The number of ether oxygens (including phenoxy) is 4. The van der Waals surface area contributed by atoms with Crippen molar-refractivity contribution in [3.63, 3.8) is 0 Å². The van der Waals surface area contributed by atoms with Gasteiger partial charge in [0.25, 0.3) is 0 Å². The van der Waals surface area contributed by atoms with Gasteiger partial charge < -0.3 is 29.4 Å². The monoisotopic (exact) mass is 570 g/mol. The van der Waals surface area contributed by atoms with E-state index >= 15 is 0 Å². The Labute approximate surface area is 236 Å². The first-order chi connectivity index (χ1) is 19.1. The highest BCUT2D eigenvalue weighted by molar-refractivity contribution is 7.92. The molecule has 216 valence electrons. The van der Waals surface area contributed by atoms with E-state index in [1.807, 2.05) is 62.4 Å². The molecule has 0 spiro atoms. The molecule has 0 saturated heterocycles. The fourth-order valence-corrected chi connectivity index (χ4v) is 4.81. The second-order valence-corrected chi connectivity index (χ2v) is 12.0. The lowest BCUT2D eigenvalue weighted by atomic mass is 10.0. The average molecular weight is 571 g/mol. The molecule has 1 heterocycles. The van der Waals surface area contributed by atoms with Crippen LogP contribution in [0.2, 0.25) is 0 Å². The number of hydrogen-bond donors (Lipinski definition) is 3. The van der Waals surface area contributed by atoms with Crippen molar-refractivity contribution in [2.75, 3.05) is 37.3 Å². The third kappa shape index (κ3) is 9.50.